The molecule has 2 aromatic heterocycles. The number of nitrogens with zero attached hydrogens (tertiary/aromatic N) is 2. The number of pyridine rings is 1. The minimum atomic E-state index is -0.297. The molecule has 0 spiro atoms. The Hall–Kier alpha value is -2.28. The smallest absolute Gasteiger partial charge is 0.311 e. The molecule has 110 valence electrons. The third kappa shape index (κ3) is 4.09. The van der Waals surface area contributed by atoms with E-state index in [1.807, 2.05) is 0 Å². The van der Waals surface area contributed by atoms with Crippen molar-refractivity contribution in [1.82, 2.24) is 9.97 Å². The Bertz CT molecular complexity index is 640. The number of carbonyl (C=O) groups is 2. The molecule has 0 saturated heterocycles. The molecule has 0 unspecified atom stereocenters. The van der Waals surface area contributed by atoms with E-state index in [9.17, 15) is 9.59 Å². The van der Waals surface area contributed by atoms with Crippen LogP contribution in [0.5, 0.6) is 0 Å². The van der Waals surface area contributed by atoms with Gasteiger partial charge in [0, 0.05) is 17.3 Å². The first-order valence-corrected chi connectivity index (χ1v) is 7.25. The van der Waals surface area contributed by atoms with Crippen LogP contribution in [0.3, 0.4) is 0 Å². The third-order valence-electron chi connectivity index (χ3n) is 2.65. The number of rotatable bonds is 5. The second-order valence-corrected chi connectivity index (χ2v) is 5.29. The van der Waals surface area contributed by atoms with Gasteiger partial charge in [-0.15, -0.1) is 11.3 Å². The maximum absolute atomic E-state index is 12.0. The van der Waals surface area contributed by atoms with Gasteiger partial charge in [-0.1, -0.05) is 0 Å². The van der Waals surface area contributed by atoms with Crippen molar-refractivity contribution >= 4 is 28.3 Å². The Kier molecular flexibility index (Phi) is 4.99. The summed E-state index contributed by atoms with van der Waals surface area (Å²) in [7, 11) is 0. The average Bonchev–Trinajstić information content (AvgIpc) is 2.80. The summed E-state index contributed by atoms with van der Waals surface area (Å²) >= 11 is 1.27. The van der Waals surface area contributed by atoms with Crippen molar-refractivity contribution in [3.8, 4) is 0 Å². The molecule has 6 nitrogen and oxygen atoms in total. The molecule has 0 aliphatic rings. The Labute approximate surface area is 126 Å². The Morgan fingerprint density at radius 1 is 1.43 bits per heavy atom. The zero-order valence-electron chi connectivity index (χ0n) is 11.8. The number of nitrogens with one attached hydrogen (secondary N) is 1. The Morgan fingerprint density at radius 2 is 2.24 bits per heavy atom. The molecule has 0 atom stereocenters. The quantitative estimate of drug-likeness (QED) is 0.856. The molecular weight excluding hydrogens is 290 g/mol. The lowest BCUT2D eigenvalue weighted by molar-refractivity contribution is -0.142. The van der Waals surface area contributed by atoms with Gasteiger partial charge >= 0.3 is 5.97 Å². The van der Waals surface area contributed by atoms with Crippen LogP contribution in [-0.4, -0.2) is 28.5 Å². The number of ether oxygens (including phenoxy) is 1. The van der Waals surface area contributed by atoms with E-state index in [2.05, 4.69) is 15.3 Å². The Morgan fingerprint density at radius 3 is 2.90 bits per heavy atom. The summed E-state index contributed by atoms with van der Waals surface area (Å²) in [5, 5.41) is 3.16. The van der Waals surface area contributed by atoms with E-state index < -0.39 is 0 Å². The summed E-state index contributed by atoms with van der Waals surface area (Å²) in [4.78, 5) is 32.4. The third-order valence-corrected chi connectivity index (χ3v) is 3.72. The fourth-order valence-corrected chi connectivity index (χ4v) is 2.60. The molecule has 2 rings (SSSR count). The molecule has 0 aliphatic carbocycles. The summed E-state index contributed by atoms with van der Waals surface area (Å²) in [6.07, 6.45) is 3.25. The number of hydrogen-bond donors (Lipinski definition) is 1. The first-order valence-electron chi connectivity index (χ1n) is 6.43. The topological polar surface area (TPSA) is 81.2 Å². The molecule has 2 heterocycles. The number of thiazole rings is 1. The number of aryl methyl sites for hydroxylation is 1. The fourth-order valence-electron chi connectivity index (χ4n) is 1.65. The molecule has 0 fully saturated rings. The number of amides is 1. The van der Waals surface area contributed by atoms with Gasteiger partial charge < -0.3 is 4.74 Å². The normalized spacial score (nSPS) is 10.2. The average molecular weight is 305 g/mol. The van der Waals surface area contributed by atoms with E-state index in [-0.39, 0.29) is 18.3 Å². The molecule has 0 radical (unpaired) electrons. The van der Waals surface area contributed by atoms with Crippen LogP contribution in [0.25, 0.3) is 0 Å². The minimum Gasteiger partial charge on any atom is -0.466 e. The van der Waals surface area contributed by atoms with Gasteiger partial charge in [-0.3, -0.25) is 19.9 Å². The van der Waals surface area contributed by atoms with Crippen LogP contribution in [0.2, 0.25) is 0 Å². The molecule has 2 aromatic rings. The van der Waals surface area contributed by atoms with Crippen molar-refractivity contribution < 1.29 is 14.3 Å². The van der Waals surface area contributed by atoms with Gasteiger partial charge in [0.2, 0.25) is 0 Å². The van der Waals surface area contributed by atoms with E-state index in [1.54, 1.807) is 32.2 Å². The lowest BCUT2D eigenvalue weighted by Crippen LogP contribution is -2.11. The van der Waals surface area contributed by atoms with Crippen LogP contribution >= 0.6 is 11.3 Å². The summed E-state index contributed by atoms with van der Waals surface area (Å²) in [6, 6.07) is 3.36. The minimum absolute atomic E-state index is 0.167. The predicted octanol–water partition coefficient (Wildman–Crippen LogP) is 2.20. The van der Waals surface area contributed by atoms with Crippen LogP contribution in [0.15, 0.2) is 24.5 Å². The fraction of sp³-hybridized carbons (Fsp3) is 0.286. The highest BCUT2D eigenvalue weighted by atomic mass is 32.1. The van der Waals surface area contributed by atoms with Crippen molar-refractivity contribution in [2.45, 2.75) is 20.3 Å². The van der Waals surface area contributed by atoms with Crippen molar-refractivity contribution in [1.29, 1.82) is 0 Å². The van der Waals surface area contributed by atoms with Gasteiger partial charge in [0.05, 0.1) is 24.3 Å². The highest BCUT2D eigenvalue weighted by Crippen LogP contribution is 2.23. The second-order valence-electron chi connectivity index (χ2n) is 4.21. The number of carbonyl (C=O) groups excluding carboxylic acids is 2. The largest absolute Gasteiger partial charge is 0.466 e. The van der Waals surface area contributed by atoms with Gasteiger partial charge in [-0.2, -0.15) is 0 Å². The van der Waals surface area contributed by atoms with E-state index in [0.29, 0.717) is 17.3 Å². The second kappa shape index (κ2) is 6.94. The predicted molar refractivity (Wildman–Crippen MR) is 79.4 cm³/mol. The molecule has 0 bridgehead atoms. The zero-order valence-corrected chi connectivity index (χ0v) is 12.6. The first-order chi connectivity index (χ1) is 10.1. The van der Waals surface area contributed by atoms with Gasteiger partial charge in [-0.05, 0) is 26.0 Å². The molecule has 0 aromatic carbocycles. The lowest BCUT2D eigenvalue weighted by Gasteiger charge is -2.00. The Balaban J connectivity index is 2.05. The van der Waals surface area contributed by atoms with Gasteiger partial charge in [0.1, 0.15) is 0 Å². The van der Waals surface area contributed by atoms with Crippen LogP contribution < -0.4 is 5.32 Å². The number of esters is 1. The van der Waals surface area contributed by atoms with E-state index in [1.165, 1.54) is 17.5 Å². The zero-order chi connectivity index (χ0) is 15.2. The molecule has 7 heteroatoms. The molecule has 21 heavy (non-hydrogen) atoms. The maximum Gasteiger partial charge on any atom is 0.311 e. The lowest BCUT2D eigenvalue weighted by atomic mass is 10.3. The summed E-state index contributed by atoms with van der Waals surface area (Å²) in [5.41, 5.74) is 1.17. The van der Waals surface area contributed by atoms with Crippen molar-refractivity contribution in [3.63, 3.8) is 0 Å². The van der Waals surface area contributed by atoms with Crippen LogP contribution in [0.1, 0.15) is 27.9 Å². The summed E-state index contributed by atoms with van der Waals surface area (Å²) in [6.45, 7) is 3.91. The van der Waals surface area contributed by atoms with E-state index >= 15 is 0 Å². The molecular formula is C14H15N3O3S. The van der Waals surface area contributed by atoms with Gasteiger partial charge in [0.25, 0.3) is 5.91 Å². The van der Waals surface area contributed by atoms with Crippen LogP contribution in [0, 0.1) is 6.92 Å². The van der Waals surface area contributed by atoms with Crippen LogP contribution in [0.4, 0.5) is 5.13 Å². The maximum atomic E-state index is 12.0. The summed E-state index contributed by atoms with van der Waals surface area (Å²) < 4.78 is 4.90. The van der Waals surface area contributed by atoms with Crippen molar-refractivity contribution in [2.24, 2.45) is 0 Å². The molecule has 1 amide bonds. The van der Waals surface area contributed by atoms with Gasteiger partial charge in [0.15, 0.2) is 5.13 Å². The molecule has 0 saturated carbocycles. The monoisotopic (exact) mass is 305 g/mol. The SMILES string of the molecule is CCOC(=O)Cc1sc(NC(=O)c2cccnc2)nc1C. The first kappa shape index (κ1) is 15.1. The standard InChI is InChI=1S/C14H15N3O3S/c1-3-20-12(18)7-11-9(2)16-14(21-11)17-13(19)10-5-4-6-15-8-10/h4-6,8H,3,7H2,1-2H3,(H,16,17,19). The summed E-state index contributed by atoms with van der Waals surface area (Å²) in [5.74, 6) is -0.575. The number of hydrogen-bond acceptors (Lipinski definition) is 6. The van der Waals surface area contributed by atoms with Crippen molar-refractivity contribution in [2.75, 3.05) is 11.9 Å². The highest BCUT2D eigenvalue weighted by Gasteiger charge is 2.14. The van der Waals surface area contributed by atoms with E-state index in [4.69, 9.17) is 4.74 Å². The highest BCUT2D eigenvalue weighted by molar-refractivity contribution is 7.16. The molecule has 0 aliphatic heterocycles. The van der Waals surface area contributed by atoms with Crippen LogP contribution in [-0.2, 0) is 16.0 Å². The van der Waals surface area contributed by atoms with Gasteiger partial charge in [-0.25, -0.2) is 4.98 Å². The number of anilines is 1. The van der Waals surface area contributed by atoms with E-state index in [0.717, 1.165) is 10.6 Å². The van der Waals surface area contributed by atoms with Crippen molar-refractivity contribution in [3.05, 3.63) is 40.7 Å². The number of aromatic nitrogens is 2. The molecule has 1 N–H and O–H groups in total.